The summed E-state index contributed by atoms with van der Waals surface area (Å²) >= 11 is 0. The molecule has 7 heteroatoms. The maximum atomic E-state index is 6.51. The third-order valence-electron chi connectivity index (χ3n) is 7.11. The highest BCUT2D eigenvalue weighted by atomic mass is 16.9. The van der Waals surface area contributed by atoms with Crippen molar-refractivity contribution in [2.45, 2.75) is 127 Å². The maximum Gasteiger partial charge on any atom is 0.190 e. The van der Waals surface area contributed by atoms with Gasteiger partial charge in [-0.05, 0) is 39.5 Å². The van der Waals surface area contributed by atoms with Crippen LogP contribution in [0.1, 0.15) is 78.1 Å². The average molecular weight is 413 g/mol. The molecule has 0 N–H and O–H groups in total. The first-order valence-electron chi connectivity index (χ1n) is 11.7. The van der Waals surface area contributed by atoms with E-state index in [1.807, 2.05) is 13.8 Å². The van der Waals surface area contributed by atoms with Gasteiger partial charge in [0.15, 0.2) is 24.2 Å². The molecular formula is C22H36O7. The van der Waals surface area contributed by atoms with E-state index in [4.69, 9.17) is 33.2 Å². The quantitative estimate of drug-likeness (QED) is 0.639. The first kappa shape index (κ1) is 20.6. The Bertz CT molecular complexity index is 557. The van der Waals surface area contributed by atoms with Gasteiger partial charge in [0.1, 0.15) is 24.4 Å². The van der Waals surface area contributed by atoms with E-state index < -0.39 is 17.9 Å². The molecule has 0 aromatic carbocycles. The Kier molecular flexibility index (Phi) is 5.93. The maximum absolute atomic E-state index is 6.51. The van der Waals surface area contributed by atoms with Gasteiger partial charge >= 0.3 is 0 Å². The summed E-state index contributed by atoms with van der Waals surface area (Å²) in [5.74, 6) is -0.945. The molecule has 5 fully saturated rings. The van der Waals surface area contributed by atoms with Crippen molar-refractivity contribution >= 4 is 0 Å². The van der Waals surface area contributed by atoms with Gasteiger partial charge in [0.25, 0.3) is 0 Å². The second-order valence-electron chi connectivity index (χ2n) is 9.20. The first-order chi connectivity index (χ1) is 14.1. The Balaban J connectivity index is 1.31. The molecule has 2 unspecified atom stereocenters. The molecule has 0 radical (unpaired) electrons. The van der Waals surface area contributed by atoms with Crippen molar-refractivity contribution in [3.63, 3.8) is 0 Å². The molecule has 5 rings (SSSR count). The van der Waals surface area contributed by atoms with E-state index in [0.29, 0.717) is 13.2 Å². The third-order valence-corrected chi connectivity index (χ3v) is 7.11. The van der Waals surface area contributed by atoms with E-state index >= 15 is 0 Å². The fourth-order valence-corrected chi connectivity index (χ4v) is 5.72. The van der Waals surface area contributed by atoms with Gasteiger partial charge in [0, 0.05) is 32.3 Å². The molecule has 3 heterocycles. The molecule has 0 aromatic rings. The zero-order valence-electron chi connectivity index (χ0n) is 17.8. The van der Waals surface area contributed by atoms with Crippen LogP contribution in [0.15, 0.2) is 0 Å². The van der Waals surface area contributed by atoms with Crippen LogP contribution in [0.2, 0.25) is 0 Å². The van der Waals surface area contributed by atoms with E-state index in [-0.39, 0.29) is 30.7 Å². The SMILES string of the molecule is CCOC(C)O[C@@H]1[C@H]2OC3(CCCCC3)O[C@H]2O[C@@H]1C1COC2(CCCCC2)O1. The van der Waals surface area contributed by atoms with E-state index in [9.17, 15) is 0 Å². The van der Waals surface area contributed by atoms with Crippen LogP contribution < -0.4 is 0 Å². The largest absolute Gasteiger partial charge is 0.353 e. The lowest BCUT2D eigenvalue weighted by molar-refractivity contribution is -0.273. The van der Waals surface area contributed by atoms with Crippen molar-refractivity contribution < 1.29 is 33.2 Å². The number of ether oxygens (including phenoxy) is 7. The lowest BCUT2D eigenvalue weighted by Crippen LogP contribution is -2.47. The standard InChI is InChI=1S/C22H36O7/c1-3-23-15(2)25-18-17(16-14-24-21(27-16)10-6-4-7-11-21)26-20-19(18)28-22(29-20)12-8-5-9-13-22/h15-20H,3-14H2,1-2H3/t15?,16?,17-,18+,19-,20-/m1/s1. The highest BCUT2D eigenvalue weighted by molar-refractivity contribution is 5.01. The summed E-state index contributed by atoms with van der Waals surface area (Å²) in [6, 6.07) is 0. The minimum absolute atomic E-state index is 0.174. The summed E-state index contributed by atoms with van der Waals surface area (Å²) in [6.45, 7) is 5.02. The third kappa shape index (κ3) is 4.00. The summed E-state index contributed by atoms with van der Waals surface area (Å²) < 4.78 is 43.9. The lowest BCUT2D eigenvalue weighted by atomic mass is 9.94. The van der Waals surface area contributed by atoms with Crippen LogP contribution in [0, 0.1) is 0 Å². The second-order valence-corrected chi connectivity index (χ2v) is 9.20. The molecule has 0 amide bonds. The van der Waals surface area contributed by atoms with Crippen molar-refractivity contribution in [1.82, 2.24) is 0 Å². The molecule has 166 valence electrons. The van der Waals surface area contributed by atoms with Gasteiger partial charge in [-0.15, -0.1) is 0 Å². The molecule has 0 bridgehead atoms. The van der Waals surface area contributed by atoms with E-state index in [1.165, 1.54) is 12.8 Å². The van der Waals surface area contributed by atoms with Crippen LogP contribution in [0.25, 0.3) is 0 Å². The Morgan fingerprint density at radius 1 is 0.862 bits per heavy atom. The monoisotopic (exact) mass is 412 g/mol. The molecular weight excluding hydrogens is 376 g/mol. The molecule has 2 saturated carbocycles. The summed E-state index contributed by atoms with van der Waals surface area (Å²) in [4.78, 5) is 0. The van der Waals surface area contributed by atoms with Crippen LogP contribution in [0.4, 0.5) is 0 Å². The molecule has 3 aliphatic heterocycles. The predicted molar refractivity (Wildman–Crippen MR) is 103 cm³/mol. The zero-order valence-corrected chi connectivity index (χ0v) is 17.8. The van der Waals surface area contributed by atoms with Crippen molar-refractivity contribution in [1.29, 1.82) is 0 Å². The van der Waals surface area contributed by atoms with E-state index in [0.717, 1.165) is 51.4 Å². The fraction of sp³-hybridized carbons (Fsp3) is 1.00. The van der Waals surface area contributed by atoms with Crippen molar-refractivity contribution in [2.75, 3.05) is 13.2 Å². The second kappa shape index (κ2) is 8.34. The Labute approximate surface area is 173 Å². The Morgan fingerprint density at radius 3 is 2.24 bits per heavy atom. The molecule has 2 spiro atoms. The number of hydrogen-bond donors (Lipinski definition) is 0. The van der Waals surface area contributed by atoms with Crippen molar-refractivity contribution in [3.8, 4) is 0 Å². The van der Waals surface area contributed by atoms with E-state index in [1.54, 1.807) is 0 Å². The Hall–Kier alpha value is -0.280. The van der Waals surface area contributed by atoms with Crippen molar-refractivity contribution in [3.05, 3.63) is 0 Å². The van der Waals surface area contributed by atoms with Gasteiger partial charge in [-0.3, -0.25) is 0 Å². The normalized spacial score (nSPS) is 41.8. The van der Waals surface area contributed by atoms with Gasteiger partial charge < -0.3 is 33.2 Å². The highest BCUT2D eigenvalue weighted by Gasteiger charge is 2.62. The lowest BCUT2D eigenvalue weighted by Gasteiger charge is -2.36. The van der Waals surface area contributed by atoms with Crippen LogP contribution in [-0.4, -0.2) is 61.8 Å². The van der Waals surface area contributed by atoms with Crippen LogP contribution >= 0.6 is 0 Å². The van der Waals surface area contributed by atoms with Crippen LogP contribution in [-0.2, 0) is 33.2 Å². The Morgan fingerprint density at radius 2 is 1.55 bits per heavy atom. The predicted octanol–water partition coefficient (Wildman–Crippen LogP) is 3.63. The van der Waals surface area contributed by atoms with Crippen LogP contribution in [0.5, 0.6) is 0 Å². The summed E-state index contributed by atoms with van der Waals surface area (Å²) in [6.07, 6.45) is 9.06. The molecule has 2 aliphatic carbocycles. The summed E-state index contributed by atoms with van der Waals surface area (Å²) in [5.41, 5.74) is 0. The van der Waals surface area contributed by atoms with Gasteiger partial charge in [-0.1, -0.05) is 12.8 Å². The minimum atomic E-state index is -0.507. The molecule has 5 aliphatic rings. The highest BCUT2D eigenvalue weighted by Crippen LogP contribution is 2.48. The summed E-state index contributed by atoms with van der Waals surface area (Å²) in [5, 5.41) is 0. The topological polar surface area (TPSA) is 64.6 Å². The fourth-order valence-electron chi connectivity index (χ4n) is 5.72. The molecule has 7 nitrogen and oxygen atoms in total. The van der Waals surface area contributed by atoms with Gasteiger partial charge in [-0.2, -0.15) is 0 Å². The molecule has 29 heavy (non-hydrogen) atoms. The van der Waals surface area contributed by atoms with Gasteiger partial charge in [0.05, 0.1) is 6.61 Å². The van der Waals surface area contributed by atoms with E-state index in [2.05, 4.69) is 0 Å². The molecule has 3 saturated heterocycles. The summed E-state index contributed by atoms with van der Waals surface area (Å²) in [7, 11) is 0. The first-order valence-corrected chi connectivity index (χ1v) is 11.7. The smallest absolute Gasteiger partial charge is 0.190 e. The molecule has 0 aromatic heterocycles. The van der Waals surface area contributed by atoms with Crippen molar-refractivity contribution in [2.24, 2.45) is 0 Å². The van der Waals surface area contributed by atoms with Gasteiger partial charge in [-0.25, -0.2) is 0 Å². The molecule has 6 atom stereocenters. The average Bonchev–Trinajstić information content (AvgIpc) is 3.36. The zero-order chi connectivity index (χ0) is 19.9. The van der Waals surface area contributed by atoms with Crippen LogP contribution in [0.3, 0.4) is 0 Å². The van der Waals surface area contributed by atoms with Gasteiger partial charge in [0.2, 0.25) is 0 Å². The minimum Gasteiger partial charge on any atom is -0.353 e. The number of hydrogen-bond acceptors (Lipinski definition) is 7. The number of rotatable bonds is 5. The number of fused-ring (bicyclic) bond motifs is 1.